The monoisotopic (exact) mass is 473 g/mol. The minimum atomic E-state index is -4.88. The summed E-state index contributed by atoms with van der Waals surface area (Å²) in [6, 6.07) is 4.05. The van der Waals surface area contributed by atoms with E-state index in [4.69, 9.17) is 15.9 Å². The summed E-state index contributed by atoms with van der Waals surface area (Å²) in [5.74, 6) is 2.59. The third-order valence-electron chi connectivity index (χ3n) is 4.60. The zero-order valence-electron chi connectivity index (χ0n) is 16.5. The molecule has 1 aliphatic rings. The quantitative estimate of drug-likeness (QED) is 0.603. The Balaban J connectivity index is 2.01. The van der Waals surface area contributed by atoms with Gasteiger partial charge in [-0.05, 0) is 12.3 Å². The molecule has 1 fully saturated rings. The van der Waals surface area contributed by atoms with Crippen molar-refractivity contribution in [3.8, 4) is 23.8 Å². The van der Waals surface area contributed by atoms with Crippen LogP contribution in [0.4, 0.5) is 18.9 Å². The first-order chi connectivity index (χ1) is 14.7. The zero-order valence-corrected chi connectivity index (χ0v) is 18.1. The van der Waals surface area contributed by atoms with E-state index in [2.05, 4.69) is 10.9 Å². The molecule has 1 saturated heterocycles. The number of halogens is 3. The lowest BCUT2D eigenvalue weighted by Crippen LogP contribution is -2.43. The van der Waals surface area contributed by atoms with Crippen LogP contribution in [-0.4, -0.2) is 58.3 Å². The average molecular weight is 473 g/mol. The number of aromatic nitrogens is 1. The van der Waals surface area contributed by atoms with Crippen LogP contribution in [0, 0.1) is 12.3 Å². The number of thiazole rings is 1. The summed E-state index contributed by atoms with van der Waals surface area (Å²) >= 11 is 1.11. The highest BCUT2D eigenvalue weighted by Gasteiger charge is 2.45. The summed E-state index contributed by atoms with van der Waals surface area (Å²) in [4.78, 5) is 18.8. The number of benzene rings is 1. The number of anilines is 1. The van der Waals surface area contributed by atoms with Crippen LogP contribution in [-0.2, 0) is 11.0 Å². The van der Waals surface area contributed by atoms with Crippen LogP contribution in [0.2, 0.25) is 0 Å². The van der Waals surface area contributed by atoms with Gasteiger partial charge in [0.1, 0.15) is 17.2 Å². The van der Waals surface area contributed by atoms with Crippen molar-refractivity contribution in [1.29, 1.82) is 0 Å². The van der Waals surface area contributed by atoms with Crippen LogP contribution >= 0.6 is 11.3 Å². The number of hydrogen-bond acceptors (Lipinski definition) is 6. The lowest BCUT2D eigenvalue weighted by Gasteiger charge is -2.29. The molecule has 2 atom stereocenters. The molecule has 2 aromatic rings. The fraction of sp³-hybridized carbons (Fsp3) is 0.368. The molecular weight excluding hydrogens is 455 g/mol. The predicted molar refractivity (Wildman–Crippen MR) is 111 cm³/mol. The van der Waals surface area contributed by atoms with Gasteiger partial charge in [0.2, 0.25) is 11.0 Å². The number of terminal acetylenes is 1. The van der Waals surface area contributed by atoms with E-state index in [-0.39, 0.29) is 25.2 Å². The Morgan fingerprint density at radius 3 is 2.48 bits per heavy atom. The molecule has 0 aliphatic carbocycles. The van der Waals surface area contributed by atoms with Crippen molar-refractivity contribution in [2.75, 3.05) is 32.2 Å². The van der Waals surface area contributed by atoms with E-state index in [1.165, 1.54) is 24.5 Å². The van der Waals surface area contributed by atoms with Crippen LogP contribution in [0.5, 0.6) is 11.5 Å². The third kappa shape index (κ3) is 5.00. The van der Waals surface area contributed by atoms with Crippen LogP contribution in [0.25, 0.3) is 0 Å². The van der Waals surface area contributed by atoms with Gasteiger partial charge in [-0.25, -0.2) is 13.5 Å². The molecule has 1 aromatic carbocycles. The first-order valence-corrected chi connectivity index (χ1v) is 10.9. The topological polar surface area (TPSA) is 72.0 Å². The van der Waals surface area contributed by atoms with E-state index in [1.807, 2.05) is 0 Å². The molecule has 0 N–H and O–H groups in total. The second-order valence-corrected chi connectivity index (χ2v) is 8.79. The maximum atomic E-state index is 13.3. The van der Waals surface area contributed by atoms with E-state index in [0.717, 1.165) is 15.6 Å². The van der Waals surface area contributed by atoms with E-state index in [0.29, 0.717) is 22.2 Å². The van der Waals surface area contributed by atoms with Crippen molar-refractivity contribution in [2.45, 2.75) is 18.0 Å². The number of carbonyl (C=O) groups is 1. The molecule has 2 unspecified atom stereocenters. The number of hydrogen-bond donors (Lipinski definition) is 0. The van der Waals surface area contributed by atoms with Gasteiger partial charge in [0.15, 0.2) is 5.01 Å². The predicted octanol–water partition coefficient (Wildman–Crippen LogP) is 3.05. The van der Waals surface area contributed by atoms with Crippen molar-refractivity contribution in [2.24, 2.45) is 0 Å². The maximum Gasteiger partial charge on any atom is 0.485 e. The summed E-state index contributed by atoms with van der Waals surface area (Å²) in [6.07, 6.45) is 5.51. The zero-order chi connectivity index (χ0) is 22.8. The van der Waals surface area contributed by atoms with Gasteiger partial charge in [0, 0.05) is 36.7 Å². The second-order valence-electron chi connectivity index (χ2n) is 6.45. The van der Waals surface area contributed by atoms with Crippen LogP contribution in [0.3, 0.4) is 0 Å². The number of alkyl halides is 3. The first kappa shape index (κ1) is 23.1. The van der Waals surface area contributed by atoms with Crippen molar-refractivity contribution in [3.05, 3.63) is 34.3 Å². The molecule has 7 nitrogen and oxygen atoms in total. The van der Waals surface area contributed by atoms with Gasteiger partial charge in [-0.2, -0.15) is 13.2 Å². The van der Waals surface area contributed by atoms with Gasteiger partial charge in [-0.1, -0.05) is 0 Å². The summed E-state index contributed by atoms with van der Waals surface area (Å²) < 4.78 is 61.9. The molecule has 0 bridgehead atoms. The molecule has 2 heterocycles. The number of rotatable bonds is 6. The fourth-order valence-corrected chi connectivity index (χ4v) is 4.67. The summed E-state index contributed by atoms with van der Waals surface area (Å²) in [6.45, 7) is -0.322. The minimum Gasteiger partial charge on any atom is -0.497 e. The standard InChI is InChI=1S/C19H18F3N3O4S2/c1-4-17-23-16(11-30-17)18(26)25(13-7-14(28-2)9-15(8-13)29-3)12-5-6-24(10-12)31(27)19(20,21)22/h1,7-9,11-12H,5-6,10H2,2-3H3. The number of ether oxygens (including phenoxy) is 2. The fourth-order valence-electron chi connectivity index (χ4n) is 3.21. The van der Waals surface area contributed by atoms with E-state index >= 15 is 0 Å². The van der Waals surface area contributed by atoms with Crippen LogP contribution in [0.15, 0.2) is 23.6 Å². The Hall–Kier alpha value is -2.62. The number of methoxy groups -OCH3 is 2. The average Bonchev–Trinajstić information content (AvgIpc) is 3.42. The Kier molecular flexibility index (Phi) is 6.88. The lowest BCUT2D eigenvalue weighted by molar-refractivity contribution is -0.0424. The smallest absolute Gasteiger partial charge is 0.485 e. The molecule has 12 heteroatoms. The van der Waals surface area contributed by atoms with Gasteiger partial charge in [0.25, 0.3) is 5.91 Å². The van der Waals surface area contributed by atoms with Crippen molar-refractivity contribution < 1.29 is 31.6 Å². The van der Waals surface area contributed by atoms with Gasteiger partial charge >= 0.3 is 5.51 Å². The van der Waals surface area contributed by atoms with Gasteiger partial charge in [0.05, 0.1) is 25.9 Å². The second kappa shape index (κ2) is 9.25. The molecule has 31 heavy (non-hydrogen) atoms. The first-order valence-electron chi connectivity index (χ1n) is 8.90. The Morgan fingerprint density at radius 2 is 1.97 bits per heavy atom. The van der Waals surface area contributed by atoms with Crippen molar-refractivity contribution in [3.63, 3.8) is 0 Å². The largest absolute Gasteiger partial charge is 0.497 e. The van der Waals surface area contributed by atoms with Crippen LogP contribution in [0.1, 0.15) is 21.9 Å². The van der Waals surface area contributed by atoms with Crippen molar-refractivity contribution >= 4 is 33.9 Å². The van der Waals surface area contributed by atoms with E-state index in [1.54, 1.807) is 18.2 Å². The number of carbonyl (C=O) groups excluding carboxylic acids is 1. The number of nitrogens with zero attached hydrogens (tertiary/aromatic N) is 3. The minimum absolute atomic E-state index is 0.0649. The highest BCUT2D eigenvalue weighted by Crippen LogP contribution is 2.34. The molecule has 0 spiro atoms. The molecule has 1 amide bonds. The maximum absolute atomic E-state index is 13.3. The highest BCUT2D eigenvalue weighted by molar-refractivity contribution is 7.83. The van der Waals surface area contributed by atoms with E-state index < -0.39 is 28.4 Å². The highest BCUT2D eigenvalue weighted by atomic mass is 32.2. The normalized spacial score (nSPS) is 17.7. The van der Waals surface area contributed by atoms with Gasteiger partial charge < -0.3 is 14.4 Å². The third-order valence-corrected chi connectivity index (χ3v) is 6.57. The van der Waals surface area contributed by atoms with Crippen LogP contribution < -0.4 is 14.4 Å². The van der Waals surface area contributed by atoms with Gasteiger partial charge in [-0.15, -0.1) is 17.8 Å². The SMILES string of the molecule is C#Cc1nc(C(=O)N(c2cc(OC)cc(OC)c2)C2CCN(S(=O)C(F)(F)F)C2)cs1. The van der Waals surface area contributed by atoms with Crippen molar-refractivity contribution in [1.82, 2.24) is 9.29 Å². The molecule has 1 aliphatic heterocycles. The Labute approximate surface area is 183 Å². The molecule has 166 valence electrons. The van der Waals surface area contributed by atoms with E-state index in [9.17, 15) is 22.2 Å². The Morgan fingerprint density at radius 1 is 1.32 bits per heavy atom. The molecule has 0 radical (unpaired) electrons. The summed E-state index contributed by atoms with van der Waals surface area (Å²) in [7, 11) is -0.290. The Bertz CT molecular complexity index is 1010. The molecule has 1 aromatic heterocycles. The molecule has 3 rings (SSSR count). The van der Waals surface area contributed by atoms with Gasteiger partial charge in [-0.3, -0.25) is 4.79 Å². The molecular formula is C19H18F3N3O4S2. The summed E-state index contributed by atoms with van der Waals surface area (Å²) in [5.41, 5.74) is -4.46. The summed E-state index contributed by atoms with van der Waals surface area (Å²) in [5, 5.41) is 1.79. The lowest BCUT2D eigenvalue weighted by atomic mass is 10.1. The molecule has 0 saturated carbocycles. The number of amides is 1.